The van der Waals surface area contributed by atoms with E-state index in [0.29, 0.717) is 0 Å². The number of nitrogens with zero attached hydrogens (tertiary/aromatic N) is 1. The highest BCUT2D eigenvalue weighted by Gasteiger charge is 2.35. The zero-order valence-electron chi connectivity index (χ0n) is 13.9. The summed E-state index contributed by atoms with van der Waals surface area (Å²) in [6.07, 6.45) is 7.43. The number of rotatable bonds is 4. The molecule has 0 aliphatic heterocycles. The lowest BCUT2D eigenvalue weighted by atomic mass is 9.93. The van der Waals surface area contributed by atoms with E-state index in [0.717, 1.165) is 57.2 Å². The molecule has 5 rings (SSSR count). The number of anilines is 1. The predicted octanol–water partition coefficient (Wildman–Crippen LogP) is 5.51. The van der Waals surface area contributed by atoms with Gasteiger partial charge in [0.05, 0.1) is 10.5 Å². The van der Waals surface area contributed by atoms with Crippen LogP contribution in [0.25, 0.3) is 22.0 Å². The number of aromatic amines is 1. The Morgan fingerprint density at radius 3 is 2.76 bits per heavy atom. The molecule has 3 nitrogen and oxygen atoms in total. The molecule has 1 aromatic heterocycles. The number of hydrogen-bond donors (Lipinski definition) is 2. The minimum Gasteiger partial charge on any atom is -0.368 e. The summed E-state index contributed by atoms with van der Waals surface area (Å²) in [6, 6.07) is 14.4. The Bertz CT molecular complexity index is 944. The lowest BCUT2D eigenvalue weighted by Gasteiger charge is -2.18. The highest BCUT2D eigenvalue weighted by Crippen LogP contribution is 2.43. The van der Waals surface area contributed by atoms with Crippen molar-refractivity contribution in [2.24, 2.45) is 17.8 Å². The van der Waals surface area contributed by atoms with Crippen molar-refractivity contribution in [3.05, 3.63) is 59.6 Å². The van der Waals surface area contributed by atoms with Crippen LogP contribution in [0.1, 0.15) is 12.8 Å². The van der Waals surface area contributed by atoms with Gasteiger partial charge in [-0.2, -0.15) is 5.10 Å². The van der Waals surface area contributed by atoms with Gasteiger partial charge in [0.1, 0.15) is 0 Å². The van der Waals surface area contributed by atoms with Crippen LogP contribution >= 0.6 is 11.6 Å². The maximum Gasteiger partial charge on any atom is 0.155 e. The number of hydrogen-bond acceptors (Lipinski definition) is 2. The number of allylic oxidation sites excluding steroid dienone is 2. The first kappa shape index (κ1) is 15.0. The normalized spacial score (nSPS) is 24.3. The van der Waals surface area contributed by atoms with Gasteiger partial charge < -0.3 is 5.32 Å². The average Bonchev–Trinajstić information content (AvgIpc) is 3.35. The van der Waals surface area contributed by atoms with Crippen LogP contribution in [-0.2, 0) is 0 Å². The van der Waals surface area contributed by atoms with E-state index < -0.39 is 0 Å². The van der Waals surface area contributed by atoms with E-state index in [1.807, 2.05) is 24.3 Å². The standard InChI is InChI=1S/C21H20ClN3/c22-19-11-20-18(10-17(19)14-4-2-1-3-5-14)21(25-24-20)23-12-16-9-13-6-7-15(16)8-13/h1-7,10-11,13,15-16H,8-9,12H2,(H2,23,24,25). The highest BCUT2D eigenvalue weighted by molar-refractivity contribution is 6.34. The van der Waals surface area contributed by atoms with Crippen LogP contribution in [0.15, 0.2) is 54.6 Å². The molecule has 2 aliphatic rings. The van der Waals surface area contributed by atoms with Gasteiger partial charge in [-0.25, -0.2) is 0 Å². The van der Waals surface area contributed by atoms with Crippen molar-refractivity contribution in [1.82, 2.24) is 10.2 Å². The van der Waals surface area contributed by atoms with Crippen molar-refractivity contribution in [2.75, 3.05) is 11.9 Å². The lowest BCUT2D eigenvalue weighted by molar-refractivity contribution is 0.471. The number of nitrogens with one attached hydrogen (secondary N) is 2. The first-order valence-electron chi connectivity index (χ1n) is 8.93. The number of H-pyrrole nitrogens is 1. The molecule has 0 saturated heterocycles. The predicted molar refractivity (Wildman–Crippen MR) is 104 cm³/mol. The van der Waals surface area contributed by atoms with E-state index in [1.165, 1.54) is 12.8 Å². The smallest absolute Gasteiger partial charge is 0.155 e. The third-order valence-corrected chi connectivity index (χ3v) is 6.00. The second-order valence-electron chi connectivity index (χ2n) is 7.24. The van der Waals surface area contributed by atoms with Crippen LogP contribution in [0.2, 0.25) is 5.02 Å². The number of benzene rings is 2. The Labute approximate surface area is 152 Å². The fourth-order valence-corrected chi connectivity index (χ4v) is 4.64. The van der Waals surface area contributed by atoms with Crippen molar-refractivity contribution in [3.8, 4) is 11.1 Å². The molecule has 1 fully saturated rings. The Morgan fingerprint density at radius 2 is 2.00 bits per heavy atom. The van der Waals surface area contributed by atoms with Crippen LogP contribution in [0.3, 0.4) is 0 Å². The van der Waals surface area contributed by atoms with Crippen molar-refractivity contribution < 1.29 is 0 Å². The van der Waals surface area contributed by atoms with Gasteiger partial charge in [-0.3, -0.25) is 5.10 Å². The fourth-order valence-electron chi connectivity index (χ4n) is 4.37. The number of halogens is 1. The van der Waals surface area contributed by atoms with Gasteiger partial charge in [-0.15, -0.1) is 0 Å². The molecule has 25 heavy (non-hydrogen) atoms. The zero-order chi connectivity index (χ0) is 16.8. The molecule has 2 bridgehead atoms. The highest BCUT2D eigenvalue weighted by atomic mass is 35.5. The van der Waals surface area contributed by atoms with Gasteiger partial charge in [-0.1, -0.05) is 54.1 Å². The fraction of sp³-hybridized carbons (Fsp3) is 0.286. The van der Waals surface area contributed by atoms with Gasteiger partial charge in [0.2, 0.25) is 0 Å². The van der Waals surface area contributed by atoms with E-state index in [9.17, 15) is 0 Å². The molecule has 0 amide bonds. The Hall–Kier alpha value is -2.26. The van der Waals surface area contributed by atoms with E-state index in [1.54, 1.807) is 0 Å². The average molecular weight is 350 g/mol. The molecule has 126 valence electrons. The SMILES string of the molecule is Clc1cc2[nH]nc(NCC3CC4C=CC3C4)c2cc1-c1ccccc1. The van der Waals surface area contributed by atoms with Gasteiger partial charge in [0.25, 0.3) is 0 Å². The summed E-state index contributed by atoms with van der Waals surface area (Å²) in [7, 11) is 0. The molecule has 2 aliphatic carbocycles. The van der Waals surface area contributed by atoms with E-state index >= 15 is 0 Å². The Kier molecular flexibility index (Phi) is 3.56. The summed E-state index contributed by atoms with van der Waals surface area (Å²) >= 11 is 6.49. The van der Waals surface area contributed by atoms with Crippen LogP contribution in [-0.4, -0.2) is 16.7 Å². The van der Waals surface area contributed by atoms with Crippen molar-refractivity contribution in [3.63, 3.8) is 0 Å². The summed E-state index contributed by atoms with van der Waals surface area (Å²) in [4.78, 5) is 0. The maximum atomic E-state index is 6.49. The number of fused-ring (bicyclic) bond motifs is 3. The third-order valence-electron chi connectivity index (χ3n) is 5.68. The molecule has 3 unspecified atom stereocenters. The van der Waals surface area contributed by atoms with Crippen LogP contribution in [0.5, 0.6) is 0 Å². The summed E-state index contributed by atoms with van der Waals surface area (Å²) in [6.45, 7) is 0.981. The largest absolute Gasteiger partial charge is 0.368 e. The molecule has 3 aromatic rings. The van der Waals surface area contributed by atoms with Crippen LogP contribution < -0.4 is 5.32 Å². The zero-order valence-corrected chi connectivity index (χ0v) is 14.6. The van der Waals surface area contributed by atoms with E-state index in [4.69, 9.17) is 11.6 Å². The van der Waals surface area contributed by atoms with Crippen molar-refractivity contribution in [1.29, 1.82) is 0 Å². The Morgan fingerprint density at radius 1 is 1.12 bits per heavy atom. The van der Waals surface area contributed by atoms with E-state index in [2.05, 4.69) is 45.9 Å². The van der Waals surface area contributed by atoms with Gasteiger partial charge in [-0.05, 0) is 48.3 Å². The molecule has 4 heteroatoms. The van der Waals surface area contributed by atoms with Gasteiger partial charge in [0.15, 0.2) is 5.82 Å². The van der Waals surface area contributed by atoms with Gasteiger partial charge in [0, 0.05) is 17.5 Å². The molecular formula is C21H20ClN3. The first-order chi connectivity index (χ1) is 12.3. The van der Waals surface area contributed by atoms with Crippen molar-refractivity contribution in [2.45, 2.75) is 12.8 Å². The van der Waals surface area contributed by atoms with Crippen molar-refractivity contribution >= 4 is 28.3 Å². The topological polar surface area (TPSA) is 40.7 Å². The molecule has 0 radical (unpaired) electrons. The first-order valence-corrected chi connectivity index (χ1v) is 9.31. The third kappa shape index (κ3) is 2.63. The summed E-state index contributed by atoms with van der Waals surface area (Å²) in [5.74, 6) is 3.20. The van der Waals surface area contributed by atoms with Gasteiger partial charge >= 0.3 is 0 Å². The second kappa shape index (κ2) is 5.92. The molecule has 2 N–H and O–H groups in total. The molecule has 1 saturated carbocycles. The molecule has 0 spiro atoms. The summed E-state index contributed by atoms with van der Waals surface area (Å²) in [5, 5.41) is 13.0. The second-order valence-corrected chi connectivity index (χ2v) is 7.64. The summed E-state index contributed by atoms with van der Waals surface area (Å²) in [5.41, 5.74) is 3.14. The van der Waals surface area contributed by atoms with Crippen LogP contribution in [0, 0.1) is 17.8 Å². The lowest BCUT2D eigenvalue weighted by Crippen LogP contribution is -2.18. The molecule has 3 atom stereocenters. The Balaban J connectivity index is 1.44. The minimum absolute atomic E-state index is 0.725. The van der Waals surface area contributed by atoms with E-state index in [-0.39, 0.29) is 0 Å². The maximum absolute atomic E-state index is 6.49. The number of aromatic nitrogens is 2. The monoisotopic (exact) mass is 349 g/mol. The molecule has 1 heterocycles. The summed E-state index contributed by atoms with van der Waals surface area (Å²) < 4.78 is 0. The minimum atomic E-state index is 0.725. The quantitative estimate of drug-likeness (QED) is 0.610. The molecule has 2 aromatic carbocycles. The van der Waals surface area contributed by atoms with Crippen LogP contribution in [0.4, 0.5) is 5.82 Å². The molecular weight excluding hydrogens is 330 g/mol.